The van der Waals surface area contributed by atoms with E-state index in [1.54, 1.807) is 0 Å². The van der Waals surface area contributed by atoms with Crippen LogP contribution in [-0.2, 0) is 23.7 Å². The Labute approximate surface area is 176 Å². The maximum atomic E-state index is 12.4. The quantitative estimate of drug-likeness (QED) is 0.199. The van der Waals surface area contributed by atoms with Gasteiger partial charge in [-0.05, 0) is 38.8 Å². The highest BCUT2D eigenvalue weighted by atomic mass is 16.6. The summed E-state index contributed by atoms with van der Waals surface area (Å²) in [4.78, 5) is 14.4. The van der Waals surface area contributed by atoms with Gasteiger partial charge in [-0.25, -0.2) is 0 Å². The molecular formula is C21H41N3O5. The SMILES string of the molecule is C#CCOCCOCCOCCOCCC(=O)N(CCCCN)CCCCCN. The van der Waals surface area contributed by atoms with Crippen molar-refractivity contribution < 1.29 is 23.7 Å². The molecule has 0 aromatic heterocycles. The second-order valence-electron chi connectivity index (χ2n) is 6.57. The Morgan fingerprint density at radius 3 is 1.76 bits per heavy atom. The third kappa shape index (κ3) is 19.9. The Hall–Kier alpha value is -1.21. The highest BCUT2D eigenvalue weighted by Gasteiger charge is 2.12. The predicted octanol–water partition coefficient (Wildman–Crippen LogP) is 0.773. The van der Waals surface area contributed by atoms with Crippen LogP contribution in [0, 0.1) is 12.3 Å². The number of carbonyl (C=O) groups is 1. The molecule has 0 aliphatic carbocycles. The van der Waals surface area contributed by atoms with Crippen LogP contribution < -0.4 is 11.5 Å². The van der Waals surface area contributed by atoms with Crippen LogP contribution in [0.25, 0.3) is 0 Å². The largest absolute Gasteiger partial charge is 0.379 e. The zero-order valence-electron chi connectivity index (χ0n) is 17.9. The van der Waals surface area contributed by atoms with Crippen molar-refractivity contribution in [2.24, 2.45) is 11.5 Å². The predicted molar refractivity (Wildman–Crippen MR) is 114 cm³/mol. The number of terminal acetylenes is 1. The van der Waals surface area contributed by atoms with E-state index >= 15 is 0 Å². The average molecular weight is 416 g/mol. The number of unbranched alkanes of at least 4 members (excludes halogenated alkanes) is 3. The lowest BCUT2D eigenvalue weighted by Gasteiger charge is -2.23. The molecule has 4 N–H and O–H groups in total. The van der Waals surface area contributed by atoms with Crippen LogP contribution in [-0.4, -0.2) is 89.8 Å². The molecule has 1 amide bonds. The summed E-state index contributed by atoms with van der Waals surface area (Å²) in [6.07, 6.45) is 10.4. The van der Waals surface area contributed by atoms with Crippen LogP contribution in [0.3, 0.4) is 0 Å². The standard InChI is InChI=1S/C21H41N3O5/c1-2-13-26-15-17-28-19-20-29-18-16-27-14-8-21(25)24(12-7-5-10-23)11-6-3-4-9-22/h1H,3-20,22-23H2. The first kappa shape index (κ1) is 27.8. The van der Waals surface area contributed by atoms with Crippen LogP contribution in [0.4, 0.5) is 0 Å². The second kappa shape index (κ2) is 23.1. The van der Waals surface area contributed by atoms with Crippen LogP contribution in [0.2, 0.25) is 0 Å². The summed E-state index contributed by atoms with van der Waals surface area (Å²) in [5.74, 6) is 2.53. The smallest absolute Gasteiger partial charge is 0.224 e. The molecule has 0 saturated carbocycles. The fourth-order valence-corrected chi connectivity index (χ4v) is 2.54. The van der Waals surface area contributed by atoms with Gasteiger partial charge in [-0.15, -0.1) is 6.42 Å². The molecule has 0 rings (SSSR count). The Kier molecular flexibility index (Phi) is 22.1. The maximum absolute atomic E-state index is 12.4. The first-order valence-electron chi connectivity index (χ1n) is 10.7. The van der Waals surface area contributed by atoms with E-state index < -0.39 is 0 Å². The Bertz CT molecular complexity index is 404. The van der Waals surface area contributed by atoms with Gasteiger partial charge in [-0.3, -0.25) is 4.79 Å². The summed E-state index contributed by atoms with van der Waals surface area (Å²) in [5, 5.41) is 0. The van der Waals surface area contributed by atoms with Crippen LogP contribution >= 0.6 is 0 Å². The van der Waals surface area contributed by atoms with Crippen molar-refractivity contribution in [2.75, 3.05) is 79.0 Å². The number of hydrogen-bond acceptors (Lipinski definition) is 7. The summed E-state index contributed by atoms with van der Waals surface area (Å²) in [7, 11) is 0. The molecule has 170 valence electrons. The first-order chi connectivity index (χ1) is 14.3. The van der Waals surface area contributed by atoms with Gasteiger partial charge in [0.05, 0.1) is 52.7 Å². The van der Waals surface area contributed by atoms with E-state index in [9.17, 15) is 4.79 Å². The van der Waals surface area contributed by atoms with Crippen LogP contribution in [0.1, 0.15) is 38.5 Å². The van der Waals surface area contributed by atoms with Gasteiger partial charge >= 0.3 is 0 Å². The number of nitrogens with zero attached hydrogens (tertiary/aromatic N) is 1. The number of ether oxygens (including phenoxy) is 4. The van der Waals surface area contributed by atoms with Crippen LogP contribution in [0.15, 0.2) is 0 Å². The Morgan fingerprint density at radius 1 is 0.724 bits per heavy atom. The summed E-state index contributed by atoms with van der Waals surface area (Å²) in [6, 6.07) is 0. The highest BCUT2D eigenvalue weighted by molar-refractivity contribution is 5.76. The van der Waals surface area contributed by atoms with Gasteiger partial charge in [-0.1, -0.05) is 12.3 Å². The molecule has 0 radical (unpaired) electrons. The zero-order valence-corrected chi connectivity index (χ0v) is 17.9. The number of carbonyl (C=O) groups excluding carboxylic acids is 1. The Morgan fingerprint density at radius 2 is 1.21 bits per heavy atom. The molecule has 0 aliphatic rings. The lowest BCUT2D eigenvalue weighted by Crippen LogP contribution is -2.34. The van der Waals surface area contributed by atoms with Crippen molar-refractivity contribution in [3.05, 3.63) is 0 Å². The van der Waals surface area contributed by atoms with E-state index in [1.807, 2.05) is 4.90 Å². The van der Waals surface area contributed by atoms with Crippen molar-refractivity contribution in [2.45, 2.75) is 38.5 Å². The van der Waals surface area contributed by atoms with Crippen molar-refractivity contribution in [3.63, 3.8) is 0 Å². The van der Waals surface area contributed by atoms with Gasteiger partial charge in [0.15, 0.2) is 0 Å². The van der Waals surface area contributed by atoms with E-state index in [4.69, 9.17) is 36.8 Å². The number of amides is 1. The summed E-state index contributed by atoms with van der Waals surface area (Å²) >= 11 is 0. The topological polar surface area (TPSA) is 109 Å². The molecule has 0 bridgehead atoms. The first-order valence-corrected chi connectivity index (χ1v) is 10.7. The minimum Gasteiger partial charge on any atom is -0.379 e. The normalized spacial score (nSPS) is 10.8. The van der Waals surface area contributed by atoms with Crippen molar-refractivity contribution >= 4 is 5.91 Å². The molecule has 0 saturated heterocycles. The van der Waals surface area contributed by atoms with E-state index in [0.717, 1.165) is 45.2 Å². The number of rotatable bonds is 22. The van der Waals surface area contributed by atoms with Crippen molar-refractivity contribution in [1.82, 2.24) is 4.90 Å². The second-order valence-corrected chi connectivity index (χ2v) is 6.57. The van der Waals surface area contributed by atoms with Crippen molar-refractivity contribution in [1.29, 1.82) is 0 Å². The minimum absolute atomic E-state index is 0.135. The number of hydrogen-bond donors (Lipinski definition) is 2. The fourth-order valence-electron chi connectivity index (χ4n) is 2.54. The fraction of sp³-hybridized carbons (Fsp3) is 0.857. The molecule has 0 fully saturated rings. The lowest BCUT2D eigenvalue weighted by molar-refractivity contribution is -0.132. The summed E-state index contributed by atoms with van der Waals surface area (Å²) in [5.41, 5.74) is 11.1. The molecule has 0 atom stereocenters. The van der Waals surface area contributed by atoms with E-state index in [1.165, 1.54) is 0 Å². The molecular weight excluding hydrogens is 374 g/mol. The van der Waals surface area contributed by atoms with Gasteiger partial charge in [0.1, 0.15) is 6.61 Å². The third-order valence-electron chi connectivity index (χ3n) is 4.13. The molecule has 0 aliphatic heterocycles. The molecule has 0 aromatic rings. The van der Waals surface area contributed by atoms with E-state index in [2.05, 4.69) is 5.92 Å². The van der Waals surface area contributed by atoms with Gasteiger partial charge in [0.25, 0.3) is 0 Å². The minimum atomic E-state index is 0.135. The number of nitrogens with two attached hydrogens (primary N) is 2. The summed E-state index contributed by atoms with van der Waals surface area (Å²) < 4.78 is 21.3. The molecule has 0 unspecified atom stereocenters. The van der Waals surface area contributed by atoms with E-state index in [0.29, 0.717) is 72.4 Å². The lowest BCUT2D eigenvalue weighted by atomic mass is 10.2. The molecule has 8 nitrogen and oxygen atoms in total. The third-order valence-corrected chi connectivity index (χ3v) is 4.13. The Balaban J connectivity index is 3.66. The van der Waals surface area contributed by atoms with Gasteiger partial charge in [0.2, 0.25) is 5.91 Å². The molecule has 0 spiro atoms. The molecule has 8 heteroatoms. The van der Waals surface area contributed by atoms with Gasteiger partial charge in [0, 0.05) is 13.1 Å². The van der Waals surface area contributed by atoms with E-state index in [-0.39, 0.29) is 5.91 Å². The monoisotopic (exact) mass is 415 g/mol. The van der Waals surface area contributed by atoms with Gasteiger partial charge < -0.3 is 35.3 Å². The average Bonchev–Trinajstić information content (AvgIpc) is 2.73. The summed E-state index contributed by atoms with van der Waals surface area (Å²) in [6.45, 7) is 6.51. The van der Waals surface area contributed by atoms with Crippen LogP contribution in [0.5, 0.6) is 0 Å². The molecule has 0 aromatic carbocycles. The van der Waals surface area contributed by atoms with Gasteiger partial charge in [-0.2, -0.15) is 0 Å². The molecule has 29 heavy (non-hydrogen) atoms. The zero-order chi connectivity index (χ0) is 21.4. The van der Waals surface area contributed by atoms with Crippen molar-refractivity contribution in [3.8, 4) is 12.3 Å². The maximum Gasteiger partial charge on any atom is 0.224 e. The molecule has 0 heterocycles. The highest BCUT2D eigenvalue weighted by Crippen LogP contribution is 2.04.